The fourth-order valence-electron chi connectivity index (χ4n) is 1.50. The first-order valence-electron chi connectivity index (χ1n) is 8.27. The maximum Gasteiger partial charge on any atom is 0.407 e. The van der Waals surface area contributed by atoms with E-state index in [-0.39, 0.29) is 5.91 Å². The number of guanidine groups is 1. The van der Waals surface area contributed by atoms with Crippen LogP contribution in [0.2, 0.25) is 0 Å². The molecule has 5 N–H and O–H groups in total. The summed E-state index contributed by atoms with van der Waals surface area (Å²) in [7, 11) is 0. The first-order chi connectivity index (χ1) is 11.0. The van der Waals surface area contributed by atoms with Crippen LogP contribution in [0.4, 0.5) is 4.79 Å². The lowest BCUT2D eigenvalue weighted by atomic mass is 9.93. The second-order valence-electron chi connectivity index (χ2n) is 7.15. The van der Waals surface area contributed by atoms with Gasteiger partial charge in [-0.3, -0.25) is 9.79 Å². The van der Waals surface area contributed by atoms with Crippen molar-refractivity contribution < 1.29 is 14.3 Å². The predicted octanol–water partition coefficient (Wildman–Crippen LogP) is 0.968. The molecule has 8 nitrogen and oxygen atoms in total. The van der Waals surface area contributed by atoms with Gasteiger partial charge in [0.25, 0.3) is 0 Å². The minimum Gasteiger partial charge on any atom is -0.444 e. The van der Waals surface area contributed by atoms with Crippen LogP contribution in [-0.2, 0) is 9.53 Å². The standard InChI is InChI=1S/C16H33N5O3/c1-7-18-13(21-11-16(5,6)12(17)22)19-9-8-10-20-14(23)24-15(2,3)4/h7-11H2,1-6H3,(H2,17,22)(H,20,23)(H2,18,19,21). The number of nitrogens with two attached hydrogens (primary N) is 1. The van der Waals surface area contributed by atoms with E-state index in [1.165, 1.54) is 0 Å². The molecule has 0 saturated carbocycles. The molecule has 0 saturated heterocycles. The van der Waals surface area contributed by atoms with Crippen molar-refractivity contribution in [2.75, 3.05) is 26.2 Å². The lowest BCUT2D eigenvalue weighted by Gasteiger charge is -2.20. The molecule has 0 aromatic rings. The van der Waals surface area contributed by atoms with Crippen molar-refractivity contribution in [3.63, 3.8) is 0 Å². The maximum absolute atomic E-state index is 11.5. The Balaban J connectivity index is 4.19. The van der Waals surface area contributed by atoms with E-state index in [1.807, 2.05) is 27.7 Å². The van der Waals surface area contributed by atoms with Crippen molar-refractivity contribution in [1.29, 1.82) is 0 Å². The van der Waals surface area contributed by atoms with Crippen molar-refractivity contribution in [1.82, 2.24) is 16.0 Å². The molecule has 0 aromatic carbocycles. The van der Waals surface area contributed by atoms with Crippen molar-refractivity contribution in [3.8, 4) is 0 Å². The molecule has 0 aliphatic heterocycles. The molecular weight excluding hydrogens is 310 g/mol. The SMILES string of the molecule is CCNC(=NCC(C)(C)C(N)=O)NCCCNC(=O)OC(C)(C)C. The number of aliphatic imine (C=N–C) groups is 1. The van der Waals surface area contributed by atoms with E-state index >= 15 is 0 Å². The van der Waals surface area contributed by atoms with E-state index in [4.69, 9.17) is 10.5 Å². The number of amides is 2. The van der Waals surface area contributed by atoms with Gasteiger partial charge in [-0.1, -0.05) is 0 Å². The molecule has 0 unspecified atom stereocenters. The molecule has 0 heterocycles. The molecule has 0 aliphatic carbocycles. The van der Waals surface area contributed by atoms with Gasteiger partial charge in [0.05, 0.1) is 12.0 Å². The third-order valence-corrected chi connectivity index (χ3v) is 2.96. The number of nitrogens with zero attached hydrogens (tertiary/aromatic N) is 1. The van der Waals surface area contributed by atoms with Crippen molar-refractivity contribution in [3.05, 3.63) is 0 Å². The highest BCUT2D eigenvalue weighted by molar-refractivity contribution is 5.82. The lowest BCUT2D eigenvalue weighted by Crippen LogP contribution is -2.41. The Morgan fingerprint density at radius 2 is 1.62 bits per heavy atom. The Bertz CT molecular complexity index is 441. The zero-order valence-corrected chi connectivity index (χ0v) is 15.8. The van der Waals surface area contributed by atoms with Gasteiger partial charge >= 0.3 is 6.09 Å². The minimum atomic E-state index is -0.694. The molecule has 0 fully saturated rings. The second-order valence-corrected chi connectivity index (χ2v) is 7.15. The largest absolute Gasteiger partial charge is 0.444 e. The van der Waals surface area contributed by atoms with Crippen molar-refractivity contribution >= 4 is 18.0 Å². The van der Waals surface area contributed by atoms with Gasteiger partial charge in [-0.2, -0.15) is 0 Å². The van der Waals surface area contributed by atoms with E-state index in [0.717, 1.165) is 0 Å². The first kappa shape index (κ1) is 22.0. The number of nitrogens with one attached hydrogen (secondary N) is 3. The van der Waals surface area contributed by atoms with Crippen LogP contribution in [0.1, 0.15) is 48.0 Å². The predicted molar refractivity (Wildman–Crippen MR) is 95.8 cm³/mol. The van der Waals surface area contributed by atoms with Gasteiger partial charge in [0, 0.05) is 19.6 Å². The number of rotatable bonds is 8. The number of hydrogen-bond acceptors (Lipinski definition) is 4. The highest BCUT2D eigenvalue weighted by atomic mass is 16.6. The lowest BCUT2D eigenvalue weighted by molar-refractivity contribution is -0.125. The molecule has 8 heteroatoms. The molecule has 0 bridgehead atoms. The third-order valence-electron chi connectivity index (χ3n) is 2.96. The molecule has 140 valence electrons. The van der Waals surface area contributed by atoms with Gasteiger partial charge in [0.2, 0.25) is 5.91 Å². The summed E-state index contributed by atoms with van der Waals surface area (Å²) in [5, 5.41) is 8.94. The average molecular weight is 343 g/mol. The molecule has 2 amide bonds. The maximum atomic E-state index is 11.5. The third kappa shape index (κ3) is 10.7. The summed E-state index contributed by atoms with van der Waals surface area (Å²) in [5.74, 6) is 0.229. The van der Waals surface area contributed by atoms with Crippen LogP contribution >= 0.6 is 0 Å². The highest BCUT2D eigenvalue weighted by Gasteiger charge is 2.24. The van der Waals surface area contributed by atoms with E-state index < -0.39 is 17.1 Å². The molecule has 0 atom stereocenters. The summed E-state index contributed by atoms with van der Waals surface area (Å²) in [6.45, 7) is 13.1. The molecule has 0 aliphatic rings. The Kier molecular flexibility index (Phi) is 9.17. The van der Waals surface area contributed by atoms with E-state index in [0.29, 0.717) is 38.6 Å². The molecule has 0 aromatic heterocycles. The summed E-state index contributed by atoms with van der Waals surface area (Å²) in [4.78, 5) is 27.2. The Hall–Kier alpha value is -1.99. The van der Waals surface area contributed by atoms with Crippen molar-refractivity contribution in [2.45, 2.75) is 53.6 Å². The van der Waals surface area contributed by atoms with Gasteiger partial charge in [0.1, 0.15) is 5.60 Å². The van der Waals surface area contributed by atoms with E-state index in [2.05, 4.69) is 20.9 Å². The molecule has 0 radical (unpaired) electrons. The number of ether oxygens (including phenoxy) is 1. The average Bonchev–Trinajstić information content (AvgIpc) is 2.42. The fraction of sp³-hybridized carbons (Fsp3) is 0.812. The van der Waals surface area contributed by atoms with Crippen LogP contribution < -0.4 is 21.7 Å². The van der Waals surface area contributed by atoms with Gasteiger partial charge in [-0.05, 0) is 48.0 Å². The van der Waals surface area contributed by atoms with Gasteiger partial charge in [-0.25, -0.2) is 4.79 Å². The summed E-state index contributed by atoms with van der Waals surface area (Å²) >= 11 is 0. The normalized spacial score (nSPS) is 12.5. The van der Waals surface area contributed by atoms with Crippen molar-refractivity contribution in [2.24, 2.45) is 16.1 Å². The van der Waals surface area contributed by atoms with Crippen LogP contribution in [-0.4, -0.2) is 49.7 Å². The van der Waals surface area contributed by atoms with E-state index in [9.17, 15) is 9.59 Å². The molecule has 0 rings (SSSR count). The van der Waals surface area contributed by atoms with Gasteiger partial charge in [-0.15, -0.1) is 0 Å². The quantitative estimate of drug-likeness (QED) is 0.297. The Morgan fingerprint density at radius 1 is 1.04 bits per heavy atom. The van der Waals surface area contributed by atoms with Crippen LogP contribution in [0.15, 0.2) is 4.99 Å². The summed E-state index contributed by atoms with van der Waals surface area (Å²) < 4.78 is 5.15. The van der Waals surface area contributed by atoms with E-state index in [1.54, 1.807) is 13.8 Å². The Morgan fingerprint density at radius 3 is 2.12 bits per heavy atom. The minimum absolute atomic E-state index is 0.299. The monoisotopic (exact) mass is 343 g/mol. The van der Waals surface area contributed by atoms with Gasteiger partial charge in [0.15, 0.2) is 5.96 Å². The molecule has 24 heavy (non-hydrogen) atoms. The van der Waals surface area contributed by atoms with Crippen LogP contribution in [0.3, 0.4) is 0 Å². The zero-order chi connectivity index (χ0) is 18.8. The number of primary amides is 1. The summed E-state index contributed by atoms with van der Waals surface area (Å²) in [5.41, 5.74) is 4.15. The zero-order valence-electron chi connectivity index (χ0n) is 15.8. The smallest absolute Gasteiger partial charge is 0.407 e. The second kappa shape index (κ2) is 10.00. The van der Waals surface area contributed by atoms with Crippen LogP contribution in [0.5, 0.6) is 0 Å². The number of hydrogen-bond donors (Lipinski definition) is 4. The van der Waals surface area contributed by atoms with Crippen LogP contribution in [0, 0.1) is 5.41 Å². The number of alkyl carbamates (subject to hydrolysis) is 1. The fourth-order valence-corrected chi connectivity index (χ4v) is 1.50. The molecule has 0 spiro atoms. The molecular formula is C16H33N5O3. The number of carbonyl (C=O) groups excluding carboxylic acids is 2. The van der Waals surface area contributed by atoms with Crippen LogP contribution in [0.25, 0.3) is 0 Å². The Labute approximate surface area is 145 Å². The highest BCUT2D eigenvalue weighted by Crippen LogP contribution is 2.13. The number of carbonyl (C=O) groups is 2. The van der Waals surface area contributed by atoms with Gasteiger partial charge < -0.3 is 26.4 Å². The summed E-state index contributed by atoms with van der Waals surface area (Å²) in [6, 6.07) is 0. The first-order valence-corrected chi connectivity index (χ1v) is 8.27. The topological polar surface area (TPSA) is 118 Å². The summed E-state index contributed by atoms with van der Waals surface area (Å²) in [6.07, 6.45) is 0.286.